The number of benzene rings is 1. The number of nitrogens with zero attached hydrogens (tertiary/aromatic N) is 1. The number of pyridine rings is 1. The van der Waals surface area contributed by atoms with Crippen LogP contribution in [0.3, 0.4) is 0 Å². The van der Waals surface area contributed by atoms with Crippen LogP contribution in [0.4, 0.5) is 5.69 Å². The van der Waals surface area contributed by atoms with Crippen LogP contribution >= 0.6 is 28.6 Å². The van der Waals surface area contributed by atoms with Crippen LogP contribution in [0, 0.1) is 0 Å². The van der Waals surface area contributed by atoms with Crippen LogP contribution in [0.1, 0.15) is 0 Å². The zero-order chi connectivity index (χ0) is 9.42. The summed E-state index contributed by atoms with van der Waals surface area (Å²) < 4.78 is 0.922. The monoisotopic (exact) mass is 254 g/mol. The Morgan fingerprint density at radius 3 is 2.92 bits per heavy atom. The fraction of sp³-hybridized carbons (Fsp3) is 0. The zero-order valence-corrected chi connectivity index (χ0v) is 9.14. The van der Waals surface area contributed by atoms with Crippen molar-refractivity contribution in [2.24, 2.45) is 0 Å². The highest BCUT2D eigenvalue weighted by Gasteiger charge is 2.02. The first kappa shape index (κ1) is 8.84. The topological polar surface area (TPSA) is 38.9 Å². The molecule has 2 aromatic rings. The van der Waals surface area contributed by atoms with Gasteiger partial charge in [-0.2, -0.15) is 0 Å². The molecule has 0 atom stereocenters. The molecule has 1 aromatic carbocycles. The standard InChI is InChI=1S/C9H7BrN2S/c10-5-3-6-7(11)1-2-8(13)9(6)12-4-5/h1-4,13H,11H2. The molecule has 66 valence electrons. The molecule has 0 amide bonds. The maximum atomic E-state index is 5.80. The molecule has 1 heterocycles. The number of anilines is 1. The number of fused-ring (bicyclic) bond motifs is 1. The minimum atomic E-state index is 0.724. The van der Waals surface area contributed by atoms with E-state index in [0.717, 1.165) is 26.0 Å². The average Bonchev–Trinajstić information content (AvgIpc) is 2.12. The zero-order valence-electron chi connectivity index (χ0n) is 6.66. The average molecular weight is 255 g/mol. The number of hydrogen-bond donors (Lipinski definition) is 2. The van der Waals surface area contributed by atoms with Crippen molar-refractivity contribution in [3.63, 3.8) is 0 Å². The largest absolute Gasteiger partial charge is 0.398 e. The normalized spacial score (nSPS) is 10.6. The van der Waals surface area contributed by atoms with Crippen molar-refractivity contribution in [1.29, 1.82) is 0 Å². The van der Waals surface area contributed by atoms with Gasteiger partial charge < -0.3 is 5.73 Å². The first-order valence-corrected chi connectivity index (χ1v) is 4.95. The Balaban J connectivity index is 2.92. The van der Waals surface area contributed by atoms with E-state index in [0.29, 0.717) is 0 Å². The van der Waals surface area contributed by atoms with Crippen LogP contribution in [0.15, 0.2) is 33.8 Å². The molecule has 4 heteroatoms. The van der Waals surface area contributed by atoms with Gasteiger partial charge in [-0.1, -0.05) is 0 Å². The van der Waals surface area contributed by atoms with Gasteiger partial charge in [0.15, 0.2) is 0 Å². The first-order valence-electron chi connectivity index (χ1n) is 3.71. The Morgan fingerprint density at radius 1 is 1.38 bits per heavy atom. The molecule has 2 nitrogen and oxygen atoms in total. The molecule has 13 heavy (non-hydrogen) atoms. The molecule has 1 aromatic heterocycles. The first-order chi connectivity index (χ1) is 6.18. The summed E-state index contributed by atoms with van der Waals surface area (Å²) in [5.74, 6) is 0. The smallest absolute Gasteiger partial charge is 0.0856 e. The van der Waals surface area contributed by atoms with E-state index in [1.807, 2.05) is 18.2 Å². The van der Waals surface area contributed by atoms with E-state index >= 15 is 0 Å². The number of rotatable bonds is 0. The number of hydrogen-bond acceptors (Lipinski definition) is 3. The minimum Gasteiger partial charge on any atom is -0.398 e. The van der Waals surface area contributed by atoms with Gasteiger partial charge >= 0.3 is 0 Å². The number of nitrogens with two attached hydrogens (primary N) is 1. The van der Waals surface area contributed by atoms with Crippen molar-refractivity contribution in [3.05, 3.63) is 28.9 Å². The summed E-state index contributed by atoms with van der Waals surface area (Å²) >= 11 is 7.65. The van der Waals surface area contributed by atoms with Gasteiger partial charge in [-0.05, 0) is 34.1 Å². The third-order valence-corrected chi connectivity index (χ3v) is 2.62. The third kappa shape index (κ3) is 1.51. The van der Waals surface area contributed by atoms with Crippen molar-refractivity contribution in [1.82, 2.24) is 4.98 Å². The molecule has 0 aliphatic heterocycles. The molecule has 0 radical (unpaired) electrons. The van der Waals surface area contributed by atoms with Gasteiger partial charge in [0.25, 0.3) is 0 Å². The summed E-state index contributed by atoms with van der Waals surface area (Å²) in [7, 11) is 0. The van der Waals surface area contributed by atoms with E-state index in [1.165, 1.54) is 0 Å². The molecule has 0 unspecified atom stereocenters. The minimum absolute atomic E-state index is 0.724. The Kier molecular flexibility index (Phi) is 2.17. The summed E-state index contributed by atoms with van der Waals surface area (Å²) in [6, 6.07) is 5.62. The van der Waals surface area contributed by atoms with Crippen LogP contribution in [0.25, 0.3) is 10.9 Å². The second-order valence-corrected chi connectivity index (χ2v) is 4.12. The predicted octanol–water partition coefficient (Wildman–Crippen LogP) is 2.87. The highest BCUT2D eigenvalue weighted by atomic mass is 79.9. The fourth-order valence-corrected chi connectivity index (χ4v) is 1.78. The van der Waals surface area contributed by atoms with Crippen LogP contribution in [0.2, 0.25) is 0 Å². The highest BCUT2D eigenvalue weighted by molar-refractivity contribution is 9.10. The van der Waals surface area contributed by atoms with Gasteiger partial charge in [0, 0.05) is 26.6 Å². The number of aromatic nitrogens is 1. The second-order valence-electron chi connectivity index (χ2n) is 2.72. The molecule has 0 fully saturated rings. The van der Waals surface area contributed by atoms with Crippen LogP contribution in [0.5, 0.6) is 0 Å². The van der Waals surface area contributed by atoms with E-state index in [-0.39, 0.29) is 0 Å². The lowest BCUT2D eigenvalue weighted by atomic mass is 10.2. The van der Waals surface area contributed by atoms with Crippen molar-refractivity contribution < 1.29 is 0 Å². The van der Waals surface area contributed by atoms with Crippen LogP contribution in [-0.4, -0.2) is 4.98 Å². The van der Waals surface area contributed by atoms with Gasteiger partial charge in [0.2, 0.25) is 0 Å². The second kappa shape index (κ2) is 3.20. The van der Waals surface area contributed by atoms with E-state index in [4.69, 9.17) is 5.73 Å². The molecular formula is C9H7BrN2S. The Morgan fingerprint density at radius 2 is 2.15 bits per heavy atom. The lowest BCUT2D eigenvalue weighted by Gasteiger charge is -2.03. The van der Waals surface area contributed by atoms with Crippen molar-refractivity contribution in [3.8, 4) is 0 Å². The molecule has 0 spiro atoms. The number of nitrogen functional groups attached to an aromatic ring is 1. The molecule has 0 aliphatic carbocycles. The molecule has 0 saturated carbocycles. The van der Waals surface area contributed by atoms with Gasteiger partial charge in [-0.3, -0.25) is 4.98 Å². The maximum absolute atomic E-state index is 5.80. The lowest BCUT2D eigenvalue weighted by molar-refractivity contribution is 1.34. The molecule has 2 N–H and O–H groups in total. The van der Waals surface area contributed by atoms with Crippen molar-refractivity contribution in [2.75, 3.05) is 5.73 Å². The van der Waals surface area contributed by atoms with Crippen LogP contribution < -0.4 is 5.73 Å². The summed E-state index contributed by atoms with van der Waals surface area (Å²) in [5, 5.41) is 0.932. The quantitative estimate of drug-likeness (QED) is 0.561. The molecular weight excluding hydrogens is 248 g/mol. The summed E-state index contributed by atoms with van der Waals surface area (Å²) in [4.78, 5) is 5.08. The third-order valence-electron chi connectivity index (χ3n) is 1.83. The van der Waals surface area contributed by atoms with Crippen molar-refractivity contribution in [2.45, 2.75) is 4.90 Å². The summed E-state index contributed by atoms with van der Waals surface area (Å²) in [6.07, 6.45) is 1.74. The van der Waals surface area contributed by atoms with Gasteiger partial charge in [-0.25, -0.2) is 0 Å². The van der Waals surface area contributed by atoms with Gasteiger partial charge in [0.05, 0.1) is 5.52 Å². The summed E-state index contributed by atoms with van der Waals surface area (Å²) in [6.45, 7) is 0. The number of halogens is 1. The fourth-order valence-electron chi connectivity index (χ4n) is 1.20. The number of thiol groups is 1. The Hall–Kier alpha value is -0.740. The van der Waals surface area contributed by atoms with E-state index < -0.39 is 0 Å². The van der Waals surface area contributed by atoms with E-state index in [1.54, 1.807) is 6.20 Å². The SMILES string of the molecule is Nc1ccc(S)c2ncc(Br)cc12. The highest BCUT2D eigenvalue weighted by Crippen LogP contribution is 2.27. The van der Waals surface area contributed by atoms with E-state index in [9.17, 15) is 0 Å². The van der Waals surface area contributed by atoms with Crippen molar-refractivity contribution >= 4 is 45.1 Å². The Labute approximate surface area is 89.7 Å². The lowest BCUT2D eigenvalue weighted by Crippen LogP contribution is -1.89. The predicted molar refractivity (Wildman–Crippen MR) is 61.1 cm³/mol. The van der Waals surface area contributed by atoms with Gasteiger partial charge in [-0.15, -0.1) is 12.6 Å². The maximum Gasteiger partial charge on any atom is 0.0856 e. The van der Waals surface area contributed by atoms with Gasteiger partial charge in [0.1, 0.15) is 0 Å². The molecule has 0 aliphatic rings. The molecule has 0 saturated heterocycles. The summed E-state index contributed by atoms with van der Waals surface area (Å²) in [5.41, 5.74) is 7.36. The molecule has 0 bridgehead atoms. The molecule has 2 rings (SSSR count). The van der Waals surface area contributed by atoms with E-state index in [2.05, 4.69) is 33.5 Å². The Bertz CT molecular complexity index is 470. The van der Waals surface area contributed by atoms with Crippen LogP contribution in [-0.2, 0) is 0 Å².